The number of aromatic nitrogens is 1. The number of para-hydroxylation sites is 1. The maximum atomic E-state index is 13.1. The van der Waals surface area contributed by atoms with Crippen LogP contribution in [0.2, 0.25) is 0 Å². The maximum absolute atomic E-state index is 13.1. The first-order valence-corrected chi connectivity index (χ1v) is 10.9. The molecule has 9 nitrogen and oxygen atoms in total. The number of pyridine rings is 1. The number of esters is 1. The van der Waals surface area contributed by atoms with Crippen LogP contribution in [-0.4, -0.2) is 55.7 Å². The molecule has 10 heteroatoms. The van der Waals surface area contributed by atoms with Gasteiger partial charge in [0.1, 0.15) is 11.6 Å². The number of hydrogen-bond donors (Lipinski definition) is 2. The van der Waals surface area contributed by atoms with E-state index in [0.29, 0.717) is 18.9 Å². The average molecular weight is 478 g/mol. The number of hydrogen-bond acceptors (Lipinski definition) is 7. The Morgan fingerprint density at radius 3 is 2.43 bits per heavy atom. The number of nitrogens with one attached hydrogen (secondary N) is 2. The molecule has 0 radical (unpaired) electrons. The number of carbonyl (C=O) groups is 3. The van der Waals surface area contributed by atoms with Crippen LogP contribution in [-0.2, 0) is 14.3 Å². The van der Waals surface area contributed by atoms with Crippen LogP contribution >= 0.6 is 0 Å². The van der Waals surface area contributed by atoms with Gasteiger partial charge in [-0.3, -0.25) is 9.59 Å². The van der Waals surface area contributed by atoms with E-state index in [4.69, 9.17) is 9.47 Å². The van der Waals surface area contributed by atoms with Crippen LogP contribution in [0.1, 0.15) is 20.7 Å². The predicted octanol–water partition coefficient (Wildman–Crippen LogP) is 3.11. The fraction of sp³-hybridized carbons (Fsp3) is 0.200. The van der Waals surface area contributed by atoms with Crippen molar-refractivity contribution < 1.29 is 28.2 Å². The molecular weight excluding hydrogens is 455 g/mol. The summed E-state index contributed by atoms with van der Waals surface area (Å²) in [6.45, 7) is 2.15. The third-order valence-electron chi connectivity index (χ3n) is 5.20. The van der Waals surface area contributed by atoms with Gasteiger partial charge >= 0.3 is 5.97 Å². The molecule has 4 rings (SSSR count). The van der Waals surface area contributed by atoms with Crippen molar-refractivity contribution in [2.24, 2.45) is 0 Å². The minimum atomic E-state index is -0.691. The zero-order chi connectivity index (χ0) is 24.6. The fourth-order valence-corrected chi connectivity index (χ4v) is 3.41. The molecule has 1 aliphatic rings. The Morgan fingerprint density at radius 2 is 1.71 bits per heavy atom. The summed E-state index contributed by atoms with van der Waals surface area (Å²) in [6.07, 6.45) is 1.40. The largest absolute Gasteiger partial charge is 0.452 e. The van der Waals surface area contributed by atoms with Crippen LogP contribution in [0, 0.1) is 5.82 Å². The van der Waals surface area contributed by atoms with Gasteiger partial charge in [0.15, 0.2) is 6.61 Å². The summed E-state index contributed by atoms with van der Waals surface area (Å²) in [4.78, 5) is 43.7. The summed E-state index contributed by atoms with van der Waals surface area (Å²) in [5, 5.41) is 5.21. The summed E-state index contributed by atoms with van der Waals surface area (Å²) in [6, 6.07) is 15.0. The van der Waals surface area contributed by atoms with Crippen molar-refractivity contribution in [1.29, 1.82) is 0 Å². The normalized spacial score (nSPS) is 13.1. The quantitative estimate of drug-likeness (QED) is 0.502. The second-order valence-electron chi connectivity index (χ2n) is 7.64. The SMILES string of the molecule is O=C(COC(=O)c1ccc(N2CCOCC2)nc1)Nc1ccccc1C(=O)Nc1ccc(F)cc1. The van der Waals surface area contributed by atoms with Crippen LogP contribution < -0.4 is 15.5 Å². The molecule has 3 aromatic rings. The number of nitrogens with zero attached hydrogens (tertiary/aromatic N) is 2. The van der Waals surface area contributed by atoms with Crippen molar-refractivity contribution in [3.63, 3.8) is 0 Å². The monoisotopic (exact) mass is 478 g/mol. The van der Waals surface area contributed by atoms with Gasteiger partial charge in [0.25, 0.3) is 11.8 Å². The molecule has 0 saturated carbocycles. The molecule has 1 fully saturated rings. The van der Waals surface area contributed by atoms with Crippen LogP contribution in [0.5, 0.6) is 0 Å². The summed E-state index contributed by atoms with van der Waals surface area (Å²) in [5.41, 5.74) is 1.05. The van der Waals surface area contributed by atoms with E-state index >= 15 is 0 Å². The number of ether oxygens (including phenoxy) is 2. The zero-order valence-corrected chi connectivity index (χ0v) is 18.7. The third kappa shape index (κ3) is 6.39. The summed E-state index contributed by atoms with van der Waals surface area (Å²) in [5.74, 6) is -1.48. The number of morpholine rings is 1. The van der Waals surface area contributed by atoms with Crippen LogP contribution in [0.3, 0.4) is 0 Å². The molecule has 2 aromatic carbocycles. The van der Waals surface area contributed by atoms with E-state index in [1.165, 1.54) is 36.5 Å². The number of amides is 2. The number of benzene rings is 2. The molecule has 2 amide bonds. The van der Waals surface area contributed by atoms with Crippen molar-refractivity contribution in [2.45, 2.75) is 0 Å². The van der Waals surface area contributed by atoms with Crippen molar-refractivity contribution in [3.8, 4) is 0 Å². The highest BCUT2D eigenvalue weighted by atomic mass is 19.1. The van der Waals surface area contributed by atoms with Crippen molar-refractivity contribution in [3.05, 3.63) is 83.8 Å². The molecule has 0 bridgehead atoms. The van der Waals surface area contributed by atoms with Crippen molar-refractivity contribution in [2.75, 3.05) is 48.4 Å². The molecule has 2 heterocycles. The molecule has 0 atom stereocenters. The number of halogens is 1. The van der Waals surface area contributed by atoms with E-state index in [0.717, 1.165) is 18.9 Å². The second-order valence-corrected chi connectivity index (χ2v) is 7.64. The van der Waals surface area contributed by atoms with E-state index in [1.54, 1.807) is 30.3 Å². The van der Waals surface area contributed by atoms with E-state index in [2.05, 4.69) is 20.5 Å². The molecule has 1 aromatic heterocycles. The Balaban J connectivity index is 1.32. The fourth-order valence-electron chi connectivity index (χ4n) is 3.41. The van der Waals surface area contributed by atoms with Crippen LogP contribution in [0.15, 0.2) is 66.9 Å². The lowest BCUT2D eigenvalue weighted by molar-refractivity contribution is -0.119. The van der Waals surface area contributed by atoms with E-state index < -0.39 is 30.2 Å². The molecule has 0 aliphatic carbocycles. The van der Waals surface area contributed by atoms with Gasteiger partial charge in [-0.15, -0.1) is 0 Å². The Morgan fingerprint density at radius 1 is 0.971 bits per heavy atom. The van der Waals surface area contributed by atoms with E-state index in [1.807, 2.05) is 0 Å². The Bertz CT molecular complexity index is 1200. The smallest absolute Gasteiger partial charge is 0.340 e. The first-order chi connectivity index (χ1) is 17.0. The van der Waals surface area contributed by atoms with Crippen molar-refractivity contribution >= 4 is 35.0 Å². The third-order valence-corrected chi connectivity index (χ3v) is 5.20. The highest BCUT2D eigenvalue weighted by Gasteiger charge is 2.17. The lowest BCUT2D eigenvalue weighted by Gasteiger charge is -2.27. The number of carbonyl (C=O) groups excluding carboxylic acids is 3. The zero-order valence-electron chi connectivity index (χ0n) is 18.7. The molecule has 1 aliphatic heterocycles. The van der Waals surface area contributed by atoms with E-state index in [-0.39, 0.29) is 16.8 Å². The van der Waals surface area contributed by atoms with Crippen LogP contribution in [0.4, 0.5) is 21.6 Å². The maximum Gasteiger partial charge on any atom is 0.340 e. The molecule has 1 saturated heterocycles. The van der Waals surface area contributed by atoms with Gasteiger partial charge in [0.2, 0.25) is 0 Å². The highest BCUT2D eigenvalue weighted by molar-refractivity contribution is 6.10. The Kier molecular flexibility index (Phi) is 7.63. The van der Waals surface area contributed by atoms with Gasteiger partial charge in [0.05, 0.1) is 30.0 Å². The van der Waals surface area contributed by atoms with Gasteiger partial charge in [-0.05, 0) is 48.5 Å². The van der Waals surface area contributed by atoms with Gasteiger partial charge in [-0.2, -0.15) is 0 Å². The number of anilines is 3. The van der Waals surface area contributed by atoms with E-state index in [9.17, 15) is 18.8 Å². The van der Waals surface area contributed by atoms with Crippen molar-refractivity contribution in [1.82, 2.24) is 4.98 Å². The van der Waals surface area contributed by atoms with Gasteiger partial charge < -0.3 is 25.0 Å². The lowest BCUT2D eigenvalue weighted by atomic mass is 10.1. The Labute approximate surface area is 200 Å². The topological polar surface area (TPSA) is 110 Å². The molecule has 2 N–H and O–H groups in total. The Hall–Kier alpha value is -4.31. The molecule has 180 valence electrons. The second kappa shape index (κ2) is 11.2. The summed E-state index contributed by atoms with van der Waals surface area (Å²) < 4.78 is 23.5. The highest BCUT2D eigenvalue weighted by Crippen LogP contribution is 2.18. The summed E-state index contributed by atoms with van der Waals surface area (Å²) >= 11 is 0. The first-order valence-electron chi connectivity index (χ1n) is 10.9. The average Bonchev–Trinajstić information content (AvgIpc) is 2.89. The number of rotatable bonds is 7. The summed E-state index contributed by atoms with van der Waals surface area (Å²) in [7, 11) is 0. The lowest BCUT2D eigenvalue weighted by Crippen LogP contribution is -2.36. The van der Waals surface area contributed by atoms with Gasteiger partial charge in [0, 0.05) is 25.0 Å². The standard InChI is InChI=1S/C25H23FN4O5/c26-18-6-8-19(9-7-18)28-24(32)20-3-1-2-4-21(20)29-23(31)16-35-25(33)17-5-10-22(27-15-17)30-11-13-34-14-12-30/h1-10,15H,11-14,16H2,(H,28,32)(H,29,31). The minimum absolute atomic E-state index is 0.194. The van der Waals surface area contributed by atoms with Crippen LogP contribution in [0.25, 0.3) is 0 Å². The molecule has 0 spiro atoms. The molecule has 0 unspecified atom stereocenters. The molecule has 35 heavy (non-hydrogen) atoms. The molecular formula is C25H23FN4O5. The van der Waals surface area contributed by atoms with Gasteiger partial charge in [-0.1, -0.05) is 12.1 Å². The minimum Gasteiger partial charge on any atom is -0.452 e. The predicted molar refractivity (Wildman–Crippen MR) is 127 cm³/mol. The first kappa shape index (κ1) is 23.8. The van der Waals surface area contributed by atoms with Gasteiger partial charge in [-0.25, -0.2) is 14.2 Å².